The fourth-order valence-corrected chi connectivity index (χ4v) is 3.84. The first-order valence-corrected chi connectivity index (χ1v) is 12.4. The van der Waals surface area contributed by atoms with Gasteiger partial charge in [0.2, 0.25) is 0 Å². The molecule has 0 saturated heterocycles. The van der Waals surface area contributed by atoms with Gasteiger partial charge in [-0.25, -0.2) is 0 Å². The summed E-state index contributed by atoms with van der Waals surface area (Å²) in [4.78, 5) is 0. The highest BCUT2D eigenvalue weighted by atomic mass is 28.4. The van der Waals surface area contributed by atoms with Crippen LogP contribution in [-0.2, 0) is 17.3 Å². The summed E-state index contributed by atoms with van der Waals surface area (Å²) < 4.78 is 6.56. The monoisotopic (exact) mass is 354 g/mol. The van der Waals surface area contributed by atoms with Gasteiger partial charge >= 0.3 is 0 Å². The predicted octanol–water partition coefficient (Wildman–Crippen LogP) is 6.50. The van der Waals surface area contributed by atoms with Crippen LogP contribution in [0.1, 0.15) is 38.3 Å². The lowest BCUT2D eigenvalue weighted by Gasteiger charge is -2.37. The zero-order valence-electron chi connectivity index (χ0n) is 16.6. The summed E-state index contributed by atoms with van der Waals surface area (Å²) in [5, 5.41) is 0.268. The summed E-state index contributed by atoms with van der Waals surface area (Å²) in [6.45, 7) is 12.5. The van der Waals surface area contributed by atoms with E-state index in [1.54, 1.807) is 0 Å². The molecule has 0 fully saturated rings. The van der Waals surface area contributed by atoms with E-state index in [0.717, 1.165) is 19.4 Å². The maximum Gasteiger partial charge on any atom is 0.191 e. The number of hydrogen-bond donors (Lipinski definition) is 0. The minimum atomic E-state index is -1.69. The molecule has 0 saturated carbocycles. The van der Waals surface area contributed by atoms with Crippen LogP contribution in [0.3, 0.4) is 0 Å². The number of benzene rings is 2. The topological polar surface area (TPSA) is 9.23 Å². The summed E-state index contributed by atoms with van der Waals surface area (Å²) in [6, 6.07) is 21.7. The van der Waals surface area contributed by atoms with Crippen molar-refractivity contribution in [3.05, 3.63) is 71.8 Å². The van der Waals surface area contributed by atoms with Crippen molar-refractivity contribution in [1.82, 2.24) is 0 Å². The molecule has 2 heteroatoms. The molecule has 0 amide bonds. The highest BCUT2D eigenvalue weighted by Gasteiger charge is 2.37. The van der Waals surface area contributed by atoms with Crippen molar-refractivity contribution >= 4 is 8.32 Å². The van der Waals surface area contributed by atoms with Crippen LogP contribution in [0.15, 0.2) is 60.7 Å². The molecule has 0 aliphatic heterocycles. The average molecular weight is 355 g/mol. The van der Waals surface area contributed by atoms with Gasteiger partial charge < -0.3 is 4.43 Å². The summed E-state index contributed by atoms with van der Waals surface area (Å²) in [6.07, 6.45) is 3.40. The largest absolute Gasteiger partial charge is 0.417 e. The van der Waals surface area contributed by atoms with E-state index < -0.39 is 8.32 Å². The van der Waals surface area contributed by atoms with Gasteiger partial charge in [-0.1, -0.05) is 81.4 Å². The van der Waals surface area contributed by atoms with Gasteiger partial charge in [0.25, 0.3) is 0 Å². The fourth-order valence-electron chi connectivity index (χ4n) is 2.75. The molecular weight excluding hydrogens is 320 g/mol. The second-order valence-electron chi connectivity index (χ2n) is 8.65. The van der Waals surface area contributed by atoms with Crippen LogP contribution in [0.4, 0.5) is 0 Å². The van der Waals surface area contributed by atoms with E-state index in [1.165, 1.54) is 17.5 Å². The third-order valence-electron chi connectivity index (χ3n) is 5.54. The number of rotatable bonds is 8. The molecule has 25 heavy (non-hydrogen) atoms. The van der Waals surface area contributed by atoms with E-state index in [2.05, 4.69) is 94.5 Å². The molecule has 0 spiro atoms. The number of hydrogen-bond acceptors (Lipinski definition) is 1. The predicted molar refractivity (Wildman–Crippen MR) is 112 cm³/mol. The zero-order chi connectivity index (χ0) is 18.3. The van der Waals surface area contributed by atoms with Crippen LogP contribution in [0.5, 0.6) is 0 Å². The van der Waals surface area contributed by atoms with Gasteiger partial charge in [-0.05, 0) is 54.4 Å². The Kier molecular flexibility index (Phi) is 7.03. The van der Waals surface area contributed by atoms with Crippen LogP contribution in [-0.4, -0.2) is 14.9 Å². The zero-order valence-corrected chi connectivity index (χ0v) is 17.6. The SMILES string of the molecule is CC(C)(C)[Si](C)(C)OCC(CCc1ccccc1)Cc1ccccc1. The Bertz CT molecular complexity index is 614. The van der Waals surface area contributed by atoms with Crippen molar-refractivity contribution in [2.24, 2.45) is 5.92 Å². The van der Waals surface area contributed by atoms with E-state index in [9.17, 15) is 0 Å². The molecule has 0 radical (unpaired) electrons. The lowest BCUT2D eigenvalue weighted by molar-refractivity contribution is 0.219. The second-order valence-corrected chi connectivity index (χ2v) is 13.5. The molecule has 0 N–H and O–H groups in total. The standard InChI is InChI=1S/C23H34OSi/c1-23(2,3)25(4,5)24-19-22(18-21-14-10-7-11-15-21)17-16-20-12-8-6-9-13-20/h6-15,22H,16-19H2,1-5H3. The first-order valence-electron chi connectivity index (χ1n) is 9.50. The number of aryl methyl sites for hydroxylation is 1. The summed E-state index contributed by atoms with van der Waals surface area (Å²) in [5.41, 5.74) is 2.84. The maximum absolute atomic E-state index is 6.56. The Balaban J connectivity index is 2.01. The summed E-state index contributed by atoms with van der Waals surface area (Å²) in [7, 11) is -1.69. The quantitative estimate of drug-likeness (QED) is 0.492. The molecule has 0 aliphatic carbocycles. The van der Waals surface area contributed by atoms with Crippen LogP contribution < -0.4 is 0 Å². The van der Waals surface area contributed by atoms with Gasteiger partial charge in [-0.3, -0.25) is 0 Å². The normalized spacial score (nSPS) is 13.6. The van der Waals surface area contributed by atoms with Gasteiger partial charge in [0.1, 0.15) is 0 Å². The van der Waals surface area contributed by atoms with Gasteiger partial charge in [-0.2, -0.15) is 0 Å². The Labute approximate surface area is 155 Å². The van der Waals surface area contributed by atoms with Crippen molar-refractivity contribution in [2.45, 2.75) is 58.2 Å². The van der Waals surface area contributed by atoms with E-state index in [4.69, 9.17) is 4.43 Å². The van der Waals surface area contributed by atoms with E-state index in [-0.39, 0.29) is 5.04 Å². The van der Waals surface area contributed by atoms with Gasteiger partial charge in [-0.15, -0.1) is 0 Å². The van der Waals surface area contributed by atoms with Gasteiger partial charge in [0.05, 0.1) is 0 Å². The van der Waals surface area contributed by atoms with Gasteiger partial charge in [0.15, 0.2) is 8.32 Å². The van der Waals surface area contributed by atoms with Crippen LogP contribution in [0, 0.1) is 5.92 Å². The van der Waals surface area contributed by atoms with Crippen LogP contribution in [0.2, 0.25) is 18.1 Å². The Morgan fingerprint density at radius 1 is 0.840 bits per heavy atom. The highest BCUT2D eigenvalue weighted by Crippen LogP contribution is 2.37. The molecule has 2 aromatic carbocycles. The van der Waals surface area contributed by atoms with Crippen LogP contribution >= 0.6 is 0 Å². The Morgan fingerprint density at radius 3 is 1.88 bits per heavy atom. The summed E-state index contributed by atoms with van der Waals surface area (Å²) >= 11 is 0. The molecule has 0 aromatic heterocycles. The average Bonchev–Trinajstić information content (AvgIpc) is 2.58. The van der Waals surface area contributed by atoms with Crippen molar-refractivity contribution in [3.63, 3.8) is 0 Å². The Morgan fingerprint density at radius 2 is 1.36 bits per heavy atom. The first-order chi connectivity index (χ1) is 11.8. The highest BCUT2D eigenvalue weighted by molar-refractivity contribution is 6.74. The molecule has 1 atom stereocenters. The Hall–Kier alpha value is -1.38. The minimum absolute atomic E-state index is 0.268. The first kappa shape index (κ1) is 19.9. The molecule has 2 rings (SSSR count). The van der Waals surface area contributed by atoms with Crippen molar-refractivity contribution < 1.29 is 4.43 Å². The molecule has 136 valence electrons. The fraction of sp³-hybridized carbons (Fsp3) is 0.478. The molecule has 1 unspecified atom stereocenters. The molecular formula is C23H34OSi. The molecule has 1 nitrogen and oxygen atoms in total. The maximum atomic E-state index is 6.56. The van der Waals surface area contributed by atoms with Gasteiger partial charge in [0, 0.05) is 6.61 Å². The second kappa shape index (κ2) is 8.82. The van der Waals surface area contributed by atoms with Crippen molar-refractivity contribution in [3.8, 4) is 0 Å². The molecule has 2 aromatic rings. The lowest BCUT2D eigenvalue weighted by atomic mass is 9.93. The van der Waals surface area contributed by atoms with Crippen molar-refractivity contribution in [1.29, 1.82) is 0 Å². The third-order valence-corrected chi connectivity index (χ3v) is 10.0. The van der Waals surface area contributed by atoms with Crippen LogP contribution in [0.25, 0.3) is 0 Å². The van der Waals surface area contributed by atoms with E-state index in [1.807, 2.05) is 0 Å². The summed E-state index contributed by atoms with van der Waals surface area (Å²) in [5.74, 6) is 0.566. The molecule has 0 bridgehead atoms. The minimum Gasteiger partial charge on any atom is -0.417 e. The van der Waals surface area contributed by atoms with E-state index >= 15 is 0 Å². The molecule has 0 heterocycles. The third kappa shape index (κ3) is 6.45. The van der Waals surface area contributed by atoms with Crippen molar-refractivity contribution in [2.75, 3.05) is 6.61 Å². The smallest absolute Gasteiger partial charge is 0.191 e. The van der Waals surface area contributed by atoms with E-state index in [0.29, 0.717) is 5.92 Å². The lowest BCUT2D eigenvalue weighted by Crippen LogP contribution is -2.42. The molecule has 0 aliphatic rings.